The number of fused-ring (bicyclic) bond motifs is 1. The quantitative estimate of drug-likeness (QED) is 0.819. The van der Waals surface area contributed by atoms with E-state index in [9.17, 15) is 4.79 Å². The molecule has 0 aliphatic carbocycles. The maximum absolute atomic E-state index is 12.0. The fraction of sp³-hybridized carbons (Fsp3) is 0.500. The Kier molecular flexibility index (Phi) is 4.58. The van der Waals surface area contributed by atoms with Crippen molar-refractivity contribution >= 4 is 17.5 Å². The zero-order valence-corrected chi connectivity index (χ0v) is 15.4. The Hall–Kier alpha value is -2.12. The molecule has 1 fully saturated rings. The van der Waals surface area contributed by atoms with Crippen LogP contribution in [0.4, 0.5) is 0 Å². The summed E-state index contributed by atoms with van der Waals surface area (Å²) in [6.07, 6.45) is 1.34. The second-order valence-electron chi connectivity index (χ2n) is 6.73. The molecule has 2 aromatic rings. The summed E-state index contributed by atoms with van der Waals surface area (Å²) in [6.45, 7) is 4.54. The number of rotatable bonds is 4. The molecule has 0 bridgehead atoms. The molecule has 1 unspecified atom stereocenters. The molecule has 0 N–H and O–H groups in total. The van der Waals surface area contributed by atoms with Gasteiger partial charge >= 0.3 is 0 Å². The first-order chi connectivity index (χ1) is 12.6. The molecule has 8 heteroatoms. The number of para-hydroxylation sites is 1. The number of amides is 1. The Labute approximate surface area is 156 Å². The van der Waals surface area contributed by atoms with Crippen molar-refractivity contribution in [1.82, 2.24) is 19.7 Å². The summed E-state index contributed by atoms with van der Waals surface area (Å²) in [5, 5.41) is 9.03. The summed E-state index contributed by atoms with van der Waals surface area (Å²) in [5.41, 5.74) is -0.362. The molecule has 26 heavy (non-hydrogen) atoms. The van der Waals surface area contributed by atoms with E-state index < -0.39 is 0 Å². The average molecular weight is 377 g/mol. The molecule has 3 heterocycles. The van der Waals surface area contributed by atoms with Crippen molar-refractivity contribution in [2.45, 2.75) is 45.1 Å². The average Bonchev–Trinajstić information content (AvgIpc) is 3.25. The number of halogens is 1. The van der Waals surface area contributed by atoms with E-state index >= 15 is 0 Å². The summed E-state index contributed by atoms with van der Waals surface area (Å²) in [4.78, 5) is 13.9. The third kappa shape index (κ3) is 3.17. The summed E-state index contributed by atoms with van der Waals surface area (Å²) < 4.78 is 14.0. The smallest absolute Gasteiger partial charge is 0.222 e. The Morgan fingerprint density at radius 3 is 3.00 bits per heavy atom. The predicted octanol–water partition coefficient (Wildman–Crippen LogP) is 2.42. The molecule has 0 radical (unpaired) electrons. The van der Waals surface area contributed by atoms with E-state index in [1.165, 1.54) is 0 Å². The summed E-state index contributed by atoms with van der Waals surface area (Å²) in [6, 6.07) is 7.35. The van der Waals surface area contributed by atoms with Gasteiger partial charge in [0.05, 0.1) is 18.1 Å². The second-order valence-corrected chi connectivity index (χ2v) is 7.14. The lowest BCUT2D eigenvalue weighted by atomic mass is 10.0. The van der Waals surface area contributed by atoms with E-state index in [-0.39, 0.29) is 18.1 Å². The zero-order chi connectivity index (χ0) is 18.1. The topological polar surface area (TPSA) is 69.5 Å². The van der Waals surface area contributed by atoms with Crippen LogP contribution in [0, 0.1) is 0 Å². The van der Waals surface area contributed by atoms with Crippen LogP contribution in [0.15, 0.2) is 24.3 Å². The van der Waals surface area contributed by atoms with Gasteiger partial charge in [0.2, 0.25) is 5.91 Å². The van der Waals surface area contributed by atoms with Gasteiger partial charge in [0.15, 0.2) is 11.6 Å². The Balaban J connectivity index is 1.48. The van der Waals surface area contributed by atoms with Crippen molar-refractivity contribution in [1.29, 1.82) is 0 Å². The fourth-order valence-corrected chi connectivity index (χ4v) is 3.74. The first kappa shape index (κ1) is 17.3. The number of benzene rings is 1. The molecule has 1 aromatic heterocycles. The van der Waals surface area contributed by atoms with E-state index in [1.54, 1.807) is 6.07 Å². The molecule has 2 aliphatic rings. The van der Waals surface area contributed by atoms with Crippen LogP contribution in [0.2, 0.25) is 5.02 Å². The molecular formula is C18H21ClN4O3. The van der Waals surface area contributed by atoms with Crippen molar-refractivity contribution in [2.24, 2.45) is 0 Å². The lowest BCUT2D eigenvalue weighted by Crippen LogP contribution is -2.45. The second kappa shape index (κ2) is 6.89. The van der Waals surface area contributed by atoms with E-state index in [4.69, 9.17) is 21.1 Å². The Bertz CT molecular complexity index is 825. The first-order valence-corrected chi connectivity index (χ1v) is 9.18. The third-order valence-corrected chi connectivity index (χ3v) is 5.33. The molecule has 0 saturated carbocycles. The van der Waals surface area contributed by atoms with Gasteiger partial charge in [-0.05, 0) is 18.6 Å². The number of likely N-dealkylation sites (tertiary alicyclic amines) is 1. The van der Waals surface area contributed by atoms with Crippen LogP contribution in [-0.2, 0) is 29.3 Å². The molecule has 1 atom stereocenters. The lowest BCUT2D eigenvalue weighted by Gasteiger charge is -2.34. The number of ether oxygens (including phenoxy) is 2. The third-order valence-electron chi connectivity index (χ3n) is 5.02. The van der Waals surface area contributed by atoms with E-state index in [0.717, 1.165) is 24.6 Å². The molecule has 1 saturated heterocycles. The van der Waals surface area contributed by atoms with Crippen LogP contribution in [0.5, 0.6) is 5.75 Å². The highest BCUT2D eigenvalue weighted by molar-refractivity contribution is 6.32. The van der Waals surface area contributed by atoms with Crippen LogP contribution in [0.1, 0.15) is 31.4 Å². The van der Waals surface area contributed by atoms with Gasteiger partial charge in [-0.2, -0.15) is 0 Å². The largest absolute Gasteiger partial charge is 0.484 e. The van der Waals surface area contributed by atoms with Gasteiger partial charge in [0, 0.05) is 13.0 Å². The van der Waals surface area contributed by atoms with Crippen molar-refractivity contribution < 1.29 is 14.3 Å². The van der Waals surface area contributed by atoms with Crippen LogP contribution >= 0.6 is 11.6 Å². The van der Waals surface area contributed by atoms with Crippen LogP contribution in [0.3, 0.4) is 0 Å². The SMILES string of the molecule is CCC(=O)N1CCC2(C1)Cn1c(COc3ccccc3Cl)nnc1CO2. The lowest BCUT2D eigenvalue weighted by molar-refractivity contribution is -0.133. The minimum atomic E-state index is -0.362. The van der Waals surface area contributed by atoms with E-state index in [2.05, 4.69) is 14.8 Å². The van der Waals surface area contributed by atoms with E-state index in [0.29, 0.717) is 36.9 Å². The summed E-state index contributed by atoms with van der Waals surface area (Å²) in [5.74, 6) is 2.31. The van der Waals surface area contributed by atoms with Gasteiger partial charge in [0.25, 0.3) is 0 Å². The fourth-order valence-electron chi connectivity index (χ4n) is 3.55. The Morgan fingerprint density at radius 1 is 1.35 bits per heavy atom. The van der Waals surface area contributed by atoms with Crippen molar-refractivity contribution in [2.75, 3.05) is 13.1 Å². The molecular weight excluding hydrogens is 356 g/mol. The van der Waals surface area contributed by atoms with Crippen molar-refractivity contribution in [3.05, 3.63) is 40.9 Å². The molecule has 2 aliphatic heterocycles. The maximum atomic E-state index is 12.0. The van der Waals surface area contributed by atoms with Crippen molar-refractivity contribution in [3.8, 4) is 5.75 Å². The standard InChI is InChI=1S/C18H21ClN4O3/c1-2-17(24)22-8-7-18(11-22)12-23-15(20-21-16(23)10-26-18)9-25-14-6-4-3-5-13(14)19/h3-6H,2,7-12H2,1H3. The number of nitrogens with zero attached hydrogens (tertiary/aromatic N) is 4. The molecule has 1 spiro atoms. The first-order valence-electron chi connectivity index (χ1n) is 8.80. The molecule has 1 amide bonds. The normalized spacial score (nSPS) is 21.8. The van der Waals surface area contributed by atoms with Gasteiger partial charge in [-0.3, -0.25) is 4.79 Å². The molecule has 7 nitrogen and oxygen atoms in total. The number of aromatic nitrogens is 3. The Morgan fingerprint density at radius 2 is 2.19 bits per heavy atom. The highest BCUT2D eigenvalue weighted by atomic mass is 35.5. The highest BCUT2D eigenvalue weighted by Gasteiger charge is 2.44. The van der Waals surface area contributed by atoms with Crippen molar-refractivity contribution in [3.63, 3.8) is 0 Å². The van der Waals surface area contributed by atoms with E-state index in [1.807, 2.05) is 30.0 Å². The highest BCUT2D eigenvalue weighted by Crippen LogP contribution is 2.33. The number of carbonyl (C=O) groups excluding carboxylic acids is 1. The molecule has 1 aromatic carbocycles. The van der Waals surface area contributed by atoms with Crippen LogP contribution < -0.4 is 4.74 Å². The maximum Gasteiger partial charge on any atom is 0.222 e. The van der Waals surface area contributed by atoms with Crippen LogP contribution in [0.25, 0.3) is 0 Å². The van der Waals surface area contributed by atoms with Gasteiger partial charge in [-0.15, -0.1) is 10.2 Å². The number of hydrogen-bond acceptors (Lipinski definition) is 5. The molecule has 4 rings (SSSR count). The monoisotopic (exact) mass is 376 g/mol. The van der Waals surface area contributed by atoms with Gasteiger partial charge < -0.3 is 18.9 Å². The van der Waals surface area contributed by atoms with Gasteiger partial charge in [-0.25, -0.2) is 0 Å². The number of hydrogen-bond donors (Lipinski definition) is 0. The minimum Gasteiger partial charge on any atom is -0.484 e. The van der Waals surface area contributed by atoms with Gasteiger partial charge in [0.1, 0.15) is 24.6 Å². The predicted molar refractivity (Wildman–Crippen MR) is 94.8 cm³/mol. The summed E-state index contributed by atoms with van der Waals surface area (Å²) >= 11 is 6.14. The minimum absolute atomic E-state index is 0.169. The number of carbonyl (C=O) groups is 1. The zero-order valence-electron chi connectivity index (χ0n) is 14.7. The summed E-state index contributed by atoms with van der Waals surface area (Å²) in [7, 11) is 0. The van der Waals surface area contributed by atoms with Gasteiger partial charge in [-0.1, -0.05) is 30.7 Å². The molecule has 138 valence electrons. The van der Waals surface area contributed by atoms with Crippen LogP contribution in [-0.4, -0.2) is 44.3 Å².